The highest BCUT2D eigenvalue weighted by molar-refractivity contribution is 5.94. The molecule has 2 aliphatic heterocycles. The fourth-order valence-corrected chi connectivity index (χ4v) is 4.36. The van der Waals surface area contributed by atoms with Crippen molar-refractivity contribution in [2.45, 2.75) is 38.6 Å². The first kappa shape index (κ1) is 18.1. The van der Waals surface area contributed by atoms with E-state index < -0.39 is 0 Å². The summed E-state index contributed by atoms with van der Waals surface area (Å²) in [6.45, 7) is 6.62. The lowest BCUT2D eigenvalue weighted by atomic mass is 9.81. The smallest absolute Gasteiger partial charge is 0.255 e. The molecule has 1 amide bonds. The molecule has 2 aromatic rings. The van der Waals surface area contributed by atoms with E-state index in [2.05, 4.69) is 47.0 Å². The fraction of sp³-hybridized carbons (Fsp3) is 0.455. The molecule has 3 unspecified atom stereocenters. The molecule has 1 aromatic carbocycles. The lowest BCUT2D eigenvalue weighted by Crippen LogP contribution is -2.48. The number of benzene rings is 1. The number of aromatic nitrogens is 1. The van der Waals surface area contributed by atoms with Crippen molar-refractivity contribution in [1.29, 1.82) is 0 Å². The molecule has 142 valence electrons. The van der Waals surface area contributed by atoms with Gasteiger partial charge in [0.05, 0.1) is 5.56 Å². The SMILES string of the molecule is Cc1ccc(C2CNNC2C2CCCN(C(=O)c3ccc(C)nc3)C2)cc1. The maximum absolute atomic E-state index is 12.9. The second-order valence-electron chi connectivity index (χ2n) is 7.91. The minimum absolute atomic E-state index is 0.102. The van der Waals surface area contributed by atoms with Gasteiger partial charge in [0.15, 0.2) is 0 Å². The minimum atomic E-state index is 0.102. The summed E-state index contributed by atoms with van der Waals surface area (Å²) in [6.07, 6.45) is 3.90. The Balaban J connectivity index is 1.48. The van der Waals surface area contributed by atoms with Gasteiger partial charge in [-0.15, -0.1) is 0 Å². The summed E-state index contributed by atoms with van der Waals surface area (Å²) in [7, 11) is 0. The van der Waals surface area contributed by atoms with Crippen LogP contribution in [0.25, 0.3) is 0 Å². The van der Waals surface area contributed by atoms with E-state index in [0.717, 1.165) is 38.2 Å². The summed E-state index contributed by atoms with van der Waals surface area (Å²) in [4.78, 5) is 19.2. The monoisotopic (exact) mass is 364 g/mol. The first-order valence-electron chi connectivity index (χ1n) is 9.89. The van der Waals surface area contributed by atoms with Gasteiger partial charge in [0.2, 0.25) is 0 Å². The van der Waals surface area contributed by atoms with Gasteiger partial charge in [-0.1, -0.05) is 29.8 Å². The summed E-state index contributed by atoms with van der Waals surface area (Å²) >= 11 is 0. The predicted molar refractivity (Wildman–Crippen MR) is 106 cm³/mol. The number of carbonyl (C=O) groups is 1. The molecule has 2 fully saturated rings. The normalized spacial score (nSPS) is 25.6. The number of hydrazine groups is 1. The van der Waals surface area contributed by atoms with Gasteiger partial charge in [-0.05, 0) is 50.3 Å². The molecule has 2 saturated heterocycles. The van der Waals surface area contributed by atoms with Gasteiger partial charge >= 0.3 is 0 Å². The molecule has 3 heterocycles. The van der Waals surface area contributed by atoms with Crippen molar-refractivity contribution in [2.24, 2.45) is 5.92 Å². The fourth-order valence-electron chi connectivity index (χ4n) is 4.36. The molecule has 2 N–H and O–H groups in total. The molecule has 0 radical (unpaired) electrons. The van der Waals surface area contributed by atoms with Crippen LogP contribution >= 0.6 is 0 Å². The molecule has 3 atom stereocenters. The van der Waals surface area contributed by atoms with Gasteiger partial charge in [0, 0.05) is 43.5 Å². The second-order valence-corrected chi connectivity index (χ2v) is 7.91. The Kier molecular flexibility index (Phi) is 5.23. The van der Waals surface area contributed by atoms with Crippen LogP contribution in [0.4, 0.5) is 0 Å². The first-order valence-corrected chi connectivity index (χ1v) is 9.89. The molecular weight excluding hydrogens is 336 g/mol. The van der Waals surface area contributed by atoms with Crippen LogP contribution in [-0.4, -0.2) is 41.5 Å². The van der Waals surface area contributed by atoms with Gasteiger partial charge in [0.25, 0.3) is 5.91 Å². The largest absolute Gasteiger partial charge is 0.338 e. The van der Waals surface area contributed by atoms with Crippen LogP contribution in [0.3, 0.4) is 0 Å². The molecular formula is C22H28N4O. The number of amides is 1. The van der Waals surface area contributed by atoms with E-state index in [1.165, 1.54) is 11.1 Å². The summed E-state index contributed by atoms with van der Waals surface area (Å²) in [5, 5.41) is 0. The van der Waals surface area contributed by atoms with Crippen LogP contribution < -0.4 is 10.9 Å². The van der Waals surface area contributed by atoms with Crippen LogP contribution in [0.1, 0.15) is 45.9 Å². The van der Waals surface area contributed by atoms with E-state index in [4.69, 9.17) is 0 Å². The van der Waals surface area contributed by atoms with Gasteiger partial charge in [-0.3, -0.25) is 20.6 Å². The Morgan fingerprint density at radius 2 is 1.96 bits per heavy atom. The summed E-state index contributed by atoms with van der Waals surface area (Å²) < 4.78 is 0. The van der Waals surface area contributed by atoms with Crippen molar-refractivity contribution >= 4 is 5.91 Å². The Labute approximate surface area is 161 Å². The average molecular weight is 364 g/mol. The maximum Gasteiger partial charge on any atom is 0.255 e. The zero-order chi connectivity index (χ0) is 18.8. The number of pyridine rings is 1. The lowest BCUT2D eigenvalue weighted by Gasteiger charge is -2.37. The van der Waals surface area contributed by atoms with Crippen LogP contribution in [-0.2, 0) is 0 Å². The molecule has 0 aliphatic carbocycles. The Morgan fingerprint density at radius 3 is 2.70 bits per heavy atom. The first-order chi connectivity index (χ1) is 13.1. The molecule has 0 saturated carbocycles. The van der Waals surface area contributed by atoms with Crippen molar-refractivity contribution in [3.8, 4) is 0 Å². The molecule has 0 bridgehead atoms. The predicted octanol–water partition coefficient (Wildman–Crippen LogP) is 2.81. The van der Waals surface area contributed by atoms with Crippen molar-refractivity contribution in [3.63, 3.8) is 0 Å². The Morgan fingerprint density at radius 1 is 1.15 bits per heavy atom. The number of aryl methyl sites for hydroxylation is 2. The van der Waals surface area contributed by atoms with E-state index in [1.807, 2.05) is 24.0 Å². The van der Waals surface area contributed by atoms with Crippen LogP contribution in [0.5, 0.6) is 0 Å². The van der Waals surface area contributed by atoms with E-state index in [0.29, 0.717) is 23.4 Å². The van der Waals surface area contributed by atoms with Gasteiger partial charge < -0.3 is 4.90 Å². The highest BCUT2D eigenvalue weighted by Gasteiger charge is 2.37. The number of hydrogen-bond acceptors (Lipinski definition) is 4. The van der Waals surface area contributed by atoms with E-state index in [9.17, 15) is 4.79 Å². The third kappa shape index (κ3) is 3.89. The maximum atomic E-state index is 12.9. The molecule has 4 rings (SSSR count). The summed E-state index contributed by atoms with van der Waals surface area (Å²) in [6, 6.07) is 13.0. The van der Waals surface area contributed by atoms with E-state index >= 15 is 0 Å². The van der Waals surface area contributed by atoms with Gasteiger partial charge in [0.1, 0.15) is 0 Å². The van der Waals surface area contributed by atoms with Crippen LogP contribution in [0, 0.1) is 19.8 Å². The van der Waals surface area contributed by atoms with Gasteiger partial charge in [-0.25, -0.2) is 0 Å². The van der Waals surface area contributed by atoms with E-state index in [1.54, 1.807) is 6.20 Å². The molecule has 27 heavy (non-hydrogen) atoms. The number of hydrogen-bond donors (Lipinski definition) is 2. The summed E-state index contributed by atoms with van der Waals surface area (Å²) in [5.41, 5.74) is 11.1. The standard InChI is InChI=1S/C22H28N4O/c1-15-5-8-17(9-6-15)20-13-24-25-21(20)19-4-3-11-26(14-19)22(27)18-10-7-16(2)23-12-18/h5-10,12,19-21,24-25H,3-4,11,13-14H2,1-2H3. The number of rotatable bonds is 3. The zero-order valence-electron chi connectivity index (χ0n) is 16.1. The Bertz CT molecular complexity index is 787. The Hall–Kier alpha value is -2.24. The van der Waals surface area contributed by atoms with Crippen LogP contribution in [0.15, 0.2) is 42.6 Å². The third-order valence-electron chi connectivity index (χ3n) is 5.94. The number of nitrogens with zero attached hydrogens (tertiary/aromatic N) is 2. The lowest BCUT2D eigenvalue weighted by molar-refractivity contribution is 0.0644. The molecule has 5 nitrogen and oxygen atoms in total. The number of nitrogens with one attached hydrogen (secondary N) is 2. The van der Waals surface area contributed by atoms with Crippen molar-refractivity contribution < 1.29 is 4.79 Å². The molecule has 2 aliphatic rings. The van der Waals surface area contributed by atoms with Crippen molar-refractivity contribution in [1.82, 2.24) is 20.7 Å². The molecule has 0 spiro atoms. The molecule has 1 aromatic heterocycles. The molecule has 5 heteroatoms. The van der Waals surface area contributed by atoms with Crippen LogP contribution in [0.2, 0.25) is 0 Å². The van der Waals surface area contributed by atoms with Crippen molar-refractivity contribution in [3.05, 3.63) is 65.0 Å². The minimum Gasteiger partial charge on any atom is -0.338 e. The average Bonchev–Trinajstić information content (AvgIpc) is 3.18. The third-order valence-corrected chi connectivity index (χ3v) is 5.94. The quantitative estimate of drug-likeness (QED) is 0.879. The van der Waals surface area contributed by atoms with E-state index in [-0.39, 0.29) is 5.91 Å². The summed E-state index contributed by atoms with van der Waals surface area (Å²) in [5.74, 6) is 0.985. The second kappa shape index (κ2) is 7.79. The highest BCUT2D eigenvalue weighted by Crippen LogP contribution is 2.32. The number of carbonyl (C=O) groups excluding carboxylic acids is 1. The number of likely N-dealkylation sites (tertiary alicyclic amines) is 1. The zero-order valence-corrected chi connectivity index (χ0v) is 16.1. The highest BCUT2D eigenvalue weighted by atomic mass is 16.2. The number of piperidine rings is 1. The van der Waals surface area contributed by atoms with Crippen molar-refractivity contribution in [2.75, 3.05) is 19.6 Å². The topological polar surface area (TPSA) is 57.3 Å². The van der Waals surface area contributed by atoms with Gasteiger partial charge in [-0.2, -0.15) is 0 Å².